The van der Waals surface area contributed by atoms with Crippen LogP contribution in [0.3, 0.4) is 0 Å². The number of hydrogen-bond donors (Lipinski definition) is 1. The lowest BCUT2D eigenvalue weighted by Gasteiger charge is -2.50. The number of benzene rings is 2. The van der Waals surface area contributed by atoms with E-state index in [1.807, 2.05) is 20.0 Å². The summed E-state index contributed by atoms with van der Waals surface area (Å²) in [5.74, 6) is 0. The lowest BCUT2D eigenvalue weighted by Crippen LogP contribution is -2.62. The van der Waals surface area contributed by atoms with Crippen LogP contribution in [0.1, 0.15) is 23.6 Å². The first kappa shape index (κ1) is 26.4. The molecule has 0 unspecified atom stereocenters. The SMILES string of the molecule is Bc1ccc2c(N3C[C@H](CN4CC5(C4)OCc4cc(N6C[C@H]7NCCO[C@@H]7C6)ccc45)O[C@H](C)C3)ccc(C#N)c2n1. The fraction of sp³-hybridized carbons (Fsp3) is 0.500. The van der Waals surface area contributed by atoms with Crippen molar-refractivity contribution in [2.45, 2.75) is 43.5 Å². The van der Waals surface area contributed by atoms with Gasteiger partial charge in [-0.3, -0.25) is 9.88 Å². The first-order valence-corrected chi connectivity index (χ1v) is 15.3. The number of hydrogen-bond acceptors (Lipinski definition) is 9. The van der Waals surface area contributed by atoms with E-state index < -0.39 is 0 Å². The van der Waals surface area contributed by atoms with Crippen molar-refractivity contribution >= 4 is 35.7 Å². The molecule has 0 saturated carbocycles. The molecule has 1 N–H and O–H groups in total. The van der Waals surface area contributed by atoms with Gasteiger partial charge in [-0.15, -0.1) is 0 Å². The van der Waals surface area contributed by atoms with Crippen molar-refractivity contribution in [3.8, 4) is 6.07 Å². The Balaban J connectivity index is 0.940. The van der Waals surface area contributed by atoms with Crippen molar-refractivity contribution in [3.05, 3.63) is 59.2 Å². The molecule has 216 valence electrons. The number of nitriles is 1. The third-order valence-corrected chi connectivity index (χ3v) is 9.74. The Kier molecular flexibility index (Phi) is 6.43. The Morgan fingerprint density at radius 1 is 1.10 bits per heavy atom. The van der Waals surface area contributed by atoms with Crippen molar-refractivity contribution in [1.82, 2.24) is 15.2 Å². The summed E-state index contributed by atoms with van der Waals surface area (Å²) < 4.78 is 18.9. The Bertz CT molecular complexity index is 1560. The van der Waals surface area contributed by atoms with E-state index in [4.69, 9.17) is 19.2 Å². The number of pyridine rings is 1. The molecule has 1 spiro atoms. The van der Waals surface area contributed by atoms with Crippen molar-refractivity contribution in [2.24, 2.45) is 0 Å². The van der Waals surface area contributed by atoms with E-state index in [1.165, 1.54) is 16.8 Å². The minimum atomic E-state index is -0.204. The van der Waals surface area contributed by atoms with Crippen LogP contribution in [0.4, 0.5) is 11.4 Å². The standard InChI is InChI=1S/C32H37BN6O3/c1-20-12-39(28-6-2-21(11-34)31-25(28)4-7-30(33)36-31)14-24(42-20)13-37-18-32(19-37)26-5-3-23(10-22(26)17-41-32)38-15-27-29(16-38)40-9-8-35-27/h2-7,10,20,24,27,29,35H,8-9,12-19,33H2,1H3/t20-,24+,27-,29-/m1/s1. The van der Waals surface area contributed by atoms with Crippen LogP contribution in [0, 0.1) is 11.3 Å². The molecule has 6 heterocycles. The minimum Gasteiger partial charge on any atom is -0.373 e. The highest BCUT2D eigenvalue weighted by atomic mass is 16.5. The summed E-state index contributed by atoms with van der Waals surface area (Å²) in [6, 6.07) is 17.8. The van der Waals surface area contributed by atoms with Crippen LogP contribution >= 0.6 is 0 Å². The zero-order valence-corrected chi connectivity index (χ0v) is 24.4. The summed E-state index contributed by atoms with van der Waals surface area (Å²) in [5.41, 5.74) is 7.18. The van der Waals surface area contributed by atoms with Crippen LogP contribution in [0.15, 0.2) is 42.5 Å². The number of anilines is 2. The second-order valence-electron chi connectivity index (χ2n) is 12.7. The summed E-state index contributed by atoms with van der Waals surface area (Å²) in [7, 11) is 1.97. The van der Waals surface area contributed by atoms with Crippen LogP contribution in [-0.4, -0.2) is 101 Å². The molecule has 8 rings (SSSR count). The maximum atomic E-state index is 9.65. The summed E-state index contributed by atoms with van der Waals surface area (Å²) in [5, 5.41) is 14.3. The molecule has 10 heteroatoms. The molecule has 9 nitrogen and oxygen atoms in total. The number of aromatic nitrogens is 1. The second-order valence-corrected chi connectivity index (χ2v) is 12.7. The van der Waals surface area contributed by atoms with E-state index in [0.29, 0.717) is 18.2 Å². The zero-order valence-electron chi connectivity index (χ0n) is 24.4. The third kappa shape index (κ3) is 4.46. The molecule has 0 radical (unpaired) electrons. The molecule has 4 fully saturated rings. The van der Waals surface area contributed by atoms with Gasteiger partial charge in [-0.2, -0.15) is 5.26 Å². The second kappa shape index (κ2) is 10.2. The molecule has 0 bridgehead atoms. The van der Waals surface area contributed by atoms with Crippen molar-refractivity contribution in [2.75, 3.05) is 68.8 Å². The number of fused-ring (bicyclic) bond motifs is 4. The van der Waals surface area contributed by atoms with Gasteiger partial charge in [0.15, 0.2) is 7.85 Å². The van der Waals surface area contributed by atoms with Crippen LogP contribution in [0.2, 0.25) is 0 Å². The lowest BCUT2D eigenvalue weighted by atomic mass is 9.85. The van der Waals surface area contributed by atoms with Crippen LogP contribution in [0.5, 0.6) is 0 Å². The zero-order chi connectivity index (χ0) is 28.4. The van der Waals surface area contributed by atoms with Crippen LogP contribution < -0.4 is 20.7 Å². The maximum Gasteiger partial charge on any atom is 0.163 e. The van der Waals surface area contributed by atoms with Crippen LogP contribution in [-0.2, 0) is 26.4 Å². The Morgan fingerprint density at radius 3 is 2.86 bits per heavy atom. The monoisotopic (exact) mass is 564 g/mol. The van der Waals surface area contributed by atoms with Gasteiger partial charge >= 0.3 is 0 Å². The molecule has 5 aliphatic heterocycles. The van der Waals surface area contributed by atoms with Gasteiger partial charge in [0.2, 0.25) is 0 Å². The Labute approximate surface area is 247 Å². The fourth-order valence-corrected chi connectivity index (χ4v) is 7.80. The van der Waals surface area contributed by atoms with Crippen molar-refractivity contribution in [3.63, 3.8) is 0 Å². The van der Waals surface area contributed by atoms with Gasteiger partial charge in [-0.05, 0) is 54.0 Å². The molecule has 4 atom stereocenters. The van der Waals surface area contributed by atoms with Gasteiger partial charge in [-0.25, -0.2) is 0 Å². The molecule has 4 saturated heterocycles. The van der Waals surface area contributed by atoms with Crippen molar-refractivity contribution in [1.29, 1.82) is 5.26 Å². The number of likely N-dealkylation sites (tertiary alicyclic amines) is 1. The molecule has 5 aliphatic rings. The Morgan fingerprint density at radius 2 is 2.00 bits per heavy atom. The Hall–Kier alpha value is -3.20. The van der Waals surface area contributed by atoms with Crippen molar-refractivity contribution < 1.29 is 14.2 Å². The van der Waals surface area contributed by atoms with E-state index in [-0.39, 0.29) is 23.9 Å². The van der Waals surface area contributed by atoms with E-state index in [9.17, 15) is 5.26 Å². The quantitative estimate of drug-likeness (QED) is 0.465. The number of nitrogens with one attached hydrogen (secondary N) is 1. The average Bonchev–Trinajstić information content (AvgIpc) is 3.58. The number of ether oxygens (including phenoxy) is 3. The molecular formula is C32H37BN6O3. The van der Waals surface area contributed by atoms with Gasteiger partial charge in [0.1, 0.15) is 11.7 Å². The topological polar surface area (TPSA) is 86.1 Å². The highest BCUT2D eigenvalue weighted by molar-refractivity contribution is 6.31. The molecule has 42 heavy (non-hydrogen) atoms. The predicted octanol–water partition coefficient (Wildman–Crippen LogP) is 0.877. The summed E-state index contributed by atoms with van der Waals surface area (Å²) in [6.45, 7) is 10.8. The minimum absolute atomic E-state index is 0.0907. The number of morpholine rings is 2. The number of nitrogens with zero attached hydrogens (tertiary/aromatic N) is 5. The molecule has 1 aromatic heterocycles. The smallest absolute Gasteiger partial charge is 0.163 e. The lowest BCUT2D eigenvalue weighted by molar-refractivity contribution is -0.155. The molecular weight excluding hydrogens is 527 g/mol. The van der Waals surface area contributed by atoms with E-state index >= 15 is 0 Å². The summed E-state index contributed by atoms with van der Waals surface area (Å²) in [6.07, 6.45) is 0.486. The van der Waals surface area contributed by atoms with E-state index in [0.717, 1.165) is 81.1 Å². The highest BCUT2D eigenvalue weighted by Crippen LogP contribution is 2.45. The third-order valence-electron chi connectivity index (χ3n) is 9.74. The summed E-state index contributed by atoms with van der Waals surface area (Å²) >= 11 is 0. The maximum absolute atomic E-state index is 9.65. The molecule has 0 amide bonds. The van der Waals surface area contributed by atoms with Gasteiger partial charge in [0.25, 0.3) is 0 Å². The van der Waals surface area contributed by atoms with Gasteiger partial charge in [0.05, 0.1) is 48.6 Å². The first-order valence-electron chi connectivity index (χ1n) is 15.3. The van der Waals surface area contributed by atoms with E-state index in [2.05, 4.69) is 63.3 Å². The highest BCUT2D eigenvalue weighted by Gasteiger charge is 2.50. The van der Waals surface area contributed by atoms with Gasteiger partial charge in [0, 0.05) is 69.1 Å². The average molecular weight is 564 g/mol. The number of rotatable bonds is 4. The molecule has 2 aromatic carbocycles. The fourth-order valence-electron chi connectivity index (χ4n) is 7.80. The summed E-state index contributed by atoms with van der Waals surface area (Å²) in [4.78, 5) is 12.0. The largest absolute Gasteiger partial charge is 0.373 e. The predicted molar refractivity (Wildman–Crippen MR) is 164 cm³/mol. The first-order chi connectivity index (χ1) is 20.5. The van der Waals surface area contributed by atoms with Crippen LogP contribution in [0.25, 0.3) is 10.9 Å². The molecule has 3 aromatic rings. The normalized spacial score (nSPS) is 28.5. The van der Waals surface area contributed by atoms with Gasteiger partial charge in [-0.1, -0.05) is 12.1 Å². The molecule has 0 aliphatic carbocycles. The van der Waals surface area contributed by atoms with Gasteiger partial charge < -0.3 is 29.3 Å². The van der Waals surface area contributed by atoms with E-state index in [1.54, 1.807) is 0 Å².